The monoisotopic (exact) mass is 363 g/mol. The first-order valence-electron chi connectivity index (χ1n) is 6.67. The summed E-state index contributed by atoms with van der Waals surface area (Å²) in [5.41, 5.74) is 6.96. The van der Waals surface area contributed by atoms with Gasteiger partial charge in [0.1, 0.15) is 5.82 Å². The number of hydrogen-bond acceptors (Lipinski definition) is 5. The normalized spacial score (nSPS) is 11.0. The highest BCUT2D eigenvalue weighted by atomic mass is 79.9. The Morgan fingerprint density at radius 2 is 2.23 bits per heavy atom. The van der Waals surface area contributed by atoms with Crippen LogP contribution in [0.2, 0.25) is 0 Å². The van der Waals surface area contributed by atoms with Crippen LogP contribution < -0.4 is 5.73 Å². The lowest BCUT2D eigenvalue weighted by atomic mass is 10.2. The Hall–Kier alpha value is -2.35. The van der Waals surface area contributed by atoms with Crippen molar-refractivity contribution in [2.75, 3.05) is 19.3 Å². The average molecular weight is 364 g/mol. The van der Waals surface area contributed by atoms with Crippen LogP contribution in [-0.4, -0.2) is 39.0 Å². The second-order valence-electron chi connectivity index (χ2n) is 4.80. The van der Waals surface area contributed by atoms with Crippen molar-refractivity contribution < 1.29 is 9.21 Å². The number of anilines is 1. The van der Waals surface area contributed by atoms with Gasteiger partial charge in [0.25, 0.3) is 5.91 Å². The SMILES string of the molecule is CCN(C)C(=O)c1cc(N)n2nc(-c3ccc(Br)o3)nc2c1. The van der Waals surface area contributed by atoms with Crippen molar-refractivity contribution in [2.24, 2.45) is 0 Å². The minimum absolute atomic E-state index is 0.109. The number of fused-ring (bicyclic) bond motifs is 1. The molecule has 0 saturated carbocycles. The summed E-state index contributed by atoms with van der Waals surface area (Å²) in [6.45, 7) is 2.52. The third kappa shape index (κ3) is 2.45. The molecule has 22 heavy (non-hydrogen) atoms. The van der Waals surface area contributed by atoms with Gasteiger partial charge in [-0.15, -0.1) is 5.10 Å². The molecule has 3 heterocycles. The number of aromatic nitrogens is 3. The van der Waals surface area contributed by atoms with Gasteiger partial charge in [-0.05, 0) is 47.1 Å². The summed E-state index contributed by atoms with van der Waals surface area (Å²) >= 11 is 3.24. The fourth-order valence-electron chi connectivity index (χ4n) is 2.04. The van der Waals surface area contributed by atoms with Gasteiger partial charge in [0.15, 0.2) is 16.1 Å². The molecule has 0 spiro atoms. The maximum absolute atomic E-state index is 12.2. The fraction of sp³-hybridized carbons (Fsp3) is 0.214. The van der Waals surface area contributed by atoms with Crippen LogP contribution in [0.15, 0.2) is 33.4 Å². The second-order valence-corrected chi connectivity index (χ2v) is 5.58. The van der Waals surface area contributed by atoms with Crippen LogP contribution in [-0.2, 0) is 0 Å². The molecule has 3 rings (SSSR count). The molecule has 0 aromatic carbocycles. The van der Waals surface area contributed by atoms with Gasteiger partial charge in [-0.2, -0.15) is 4.52 Å². The summed E-state index contributed by atoms with van der Waals surface area (Å²) in [6.07, 6.45) is 0. The van der Waals surface area contributed by atoms with Crippen molar-refractivity contribution in [1.29, 1.82) is 0 Å². The number of rotatable bonds is 3. The van der Waals surface area contributed by atoms with Crippen LogP contribution >= 0.6 is 15.9 Å². The quantitative estimate of drug-likeness (QED) is 0.771. The van der Waals surface area contributed by atoms with E-state index in [0.717, 1.165) is 0 Å². The Morgan fingerprint density at radius 1 is 1.45 bits per heavy atom. The molecular formula is C14H14BrN5O2. The molecule has 0 saturated heterocycles. The van der Waals surface area contributed by atoms with E-state index in [1.807, 2.05) is 6.92 Å². The summed E-state index contributed by atoms with van der Waals surface area (Å²) in [5.74, 6) is 1.16. The van der Waals surface area contributed by atoms with Crippen LogP contribution in [0, 0.1) is 0 Å². The highest BCUT2D eigenvalue weighted by molar-refractivity contribution is 9.10. The maximum Gasteiger partial charge on any atom is 0.253 e. The van der Waals surface area contributed by atoms with Crippen LogP contribution in [0.3, 0.4) is 0 Å². The van der Waals surface area contributed by atoms with E-state index in [1.54, 1.807) is 36.2 Å². The molecule has 3 aromatic rings. The van der Waals surface area contributed by atoms with Gasteiger partial charge < -0.3 is 15.1 Å². The predicted molar refractivity (Wildman–Crippen MR) is 85.4 cm³/mol. The van der Waals surface area contributed by atoms with E-state index in [0.29, 0.717) is 39.8 Å². The Kier molecular flexibility index (Phi) is 3.61. The molecule has 0 aliphatic heterocycles. The van der Waals surface area contributed by atoms with Crippen molar-refractivity contribution in [3.8, 4) is 11.6 Å². The van der Waals surface area contributed by atoms with E-state index < -0.39 is 0 Å². The first-order valence-corrected chi connectivity index (χ1v) is 7.46. The molecule has 7 nitrogen and oxygen atoms in total. The standard InChI is InChI=1S/C14H14BrN5O2/c1-3-19(2)14(21)8-6-11(16)20-12(7-8)17-13(18-20)9-4-5-10(15)22-9/h4-7H,3,16H2,1-2H3. The van der Waals surface area contributed by atoms with Gasteiger partial charge in [0.2, 0.25) is 5.82 Å². The first kappa shape index (κ1) is 14.6. The third-order valence-electron chi connectivity index (χ3n) is 3.33. The van der Waals surface area contributed by atoms with Crippen molar-refractivity contribution in [2.45, 2.75) is 6.92 Å². The van der Waals surface area contributed by atoms with Crippen LogP contribution in [0.25, 0.3) is 17.2 Å². The molecule has 8 heteroatoms. The molecule has 0 unspecified atom stereocenters. The largest absolute Gasteiger partial charge is 0.446 e. The van der Waals surface area contributed by atoms with Gasteiger partial charge in [0, 0.05) is 19.2 Å². The number of nitrogen functional groups attached to an aromatic ring is 1. The van der Waals surface area contributed by atoms with Crippen molar-refractivity contribution in [3.63, 3.8) is 0 Å². The number of nitrogens with zero attached hydrogens (tertiary/aromatic N) is 4. The smallest absolute Gasteiger partial charge is 0.253 e. The van der Waals surface area contributed by atoms with E-state index in [-0.39, 0.29) is 5.91 Å². The number of furan rings is 1. The zero-order chi connectivity index (χ0) is 15.9. The number of amides is 1. The molecule has 0 bridgehead atoms. The Morgan fingerprint density at radius 3 is 2.86 bits per heavy atom. The lowest BCUT2D eigenvalue weighted by molar-refractivity contribution is 0.0802. The zero-order valence-electron chi connectivity index (χ0n) is 12.1. The number of hydrogen-bond donors (Lipinski definition) is 1. The highest BCUT2D eigenvalue weighted by Crippen LogP contribution is 2.24. The molecule has 0 fully saturated rings. The van der Waals surface area contributed by atoms with Gasteiger partial charge in [-0.3, -0.25) is 4.79 Å². The molecular weight excluding hydrogens is 350 g/mol. The molecule has 114 valence electrons. The van der Waals surface area contributed by atoms with Crippen molar-refractivity contribution >= 4 is 33.3 Å². The molecule has 1 amide bonds. The summed E-state index contributed by atoms with van der Waals surface area (Å²) in [7, 11) is 1.73. The van der Waals surface area contributed by atoms with Crippen molar-refractivity contribution in [3.05, 3.63) is 34.5 Å². The van der Waals surface area contributed by atoms with Crippen molar-refractivity contribution in [1.82, 2.24) is 19.5 Å². The lowest BCUT2D eigenvalue weighted by Gasteiger charge is -2.14. The molecule has 0 radical (unpaired) electrons. The summed E-state index contributed by atoms with van der Waals surface area (Å²) in [4.78, 5) is 18.2. The van der Waals surface area contributed by atoms with Gasteiger partial charge in [-0.1, -0.05) is 0 Å². The molecule has 0 aliphatic rings. The maximum atomic E-state index is 12.2. The van der Waals surface area contributed by atoms with Crippen LogP contribution in [0.4, 0.5) is 5.82 Å². The Bertz CT molecular complexity index is 854. The highest BCUT2D eigenvalue weighted by Gasteiger charge is 2.16. The van der Waals surface area contributed by atoms with E-state index in [1.165, 1.54) is 4.52 Å². The van der Waals surface area contributed by atoms with Gasteiger partial charge >= 0.3 is 0 Å². The van der Waals surface area contributed by atoms with E-state index in [4.69, 9.17) is 10.2 Å². The second kappa shape index (κ2) is 5.45. The first-order chi connectivity index (χ1) is 10.5. The fourth-order valence-corrected chi connectivity index (χ4v) is 2.34. The number of nitrogens with two attached hydrogens (primary N) is 1. The lowest BCUT2D eigenvalue weighted by Crippen LogP contribution is -2.26. The molecule has 3 aromatic heterocycles. The third-order valence-corrected chi connectivity index (χ3v) is 3.75. The zero-order valence-corrected chi connectivity index (χ0v) is 13.7. The van der Waals surface area contributed by atoms with Crippen LogP contribution in [0.5, 0.6) is 0 Å². The summed E-state index contributed by atoms with van der Waals surface area (Å²) in [6, 6.07) is 6.78. The van der Waals surface area contributed by atoms with E-state index in [9.17, 15) is 4.79 Å². The number of pyridine rings is 1. The van der Waals surface area contributed by atoms with Gasteiger partial charge in [0.05, 0.1) is 0 Å². The predicted octanol–water partition coefficient (Wildman–Crippen LogP) is 2.43. The summed E-state index contributed by atoms with van der Waals surface area (Å²) < 4.78 is 7.51. The molecule has 0 aliphatic carbocycles. The minimum atomic E-state index is -0.109. The van der Waals surface area contributed by atoms with Gasteiger partial charge in [-0.25, -0.2) is 4.98 Å². The summed E-state index contributed by atoms with van der Waals surface area (Å²) in [5, 5.41) is 4.30. The Balaban J connectivity index is 2.09. The van der Waals surface area contributed by atoms with E-state index >= 15 is 0 Å². The number of halogens is 1. The minimum Gasteiger partial charge on any atom is -0.446 e. The topological polar surface area (TPSA) is 89.7 Å². The van der Waals surface area contributed by atoms with E-state index in [2.05, 4.69) is 26.0 Å². The Labute approximate surface area is 134 Å². The van der Waals surface area contributed by atoms with Crippen LogP contribution in [0.1, 0.15) is 17.3 Å². The molecule has 0 atom stereocenters. The number of carbonyl (C=O) groups excluding carboxylic acids is 1. The number of carbonyl (C=O) groups is 1. The average Bonchev–Trinajstić information content (AvgIpc) is 3.11. The molecule has 2 N–H and O–H groups in total.